The van der Waals surface area contributed by atoms with E-state index in [4.69, 9.17) is 11.6 Å². The molecule has 3 atom stereocenters. The number of halogens is 1. The molecule has 0 spiro atoms. The smallest absolute Gasteiger partial charge is 0.226 e. The number of hydrogen-bond donors (Lipinski definition) is 1. The van der Waals surface area contributed by atoms with Crippen LogP contribution in [0.2, 0.25) is 5.02 Å². The van der Waals surface area contributed by atoms with E-state index in [1.54, 1.807) is 0 Å². The highest BCUT2D eigenvalue weighted by Gasteiger charge is 2.47. The van der Waals surface area contributed by atoms with E-state index in [0.717, 1.165) is 56.5 Å². The third kappa shape index (κ3) is 4.50. The Labute approximate surface area is 177 Å². The van der Waals surface area contributed by atoms with Gasteiger partial charge in [-0.15, -0.1) is 0 Å². The third-order valence-electron chi connectivity index (χ3n) is 6.90. The first kappa shape index (κ1) is 20.4. The number of nitrogens with one attached hydrogen (secondary N) is 1. The summed E-state index contributed by atoms with van der Waals surface area (Å²) in [6.07, 6.45) is 6.50. The molecule has 0 bridgehead atoms. The SMILES string of the molecule is C=NCC1(NC(=O)[C@@H]2CCCC[C@H]2C(=O)N2CCC(c3cccc(Cl)c3)C2)CC1. The van der Waals surface area contributed by atoms with Crippen molar-refractivity contribution in [3.05, 3.63) is 34.9 Å². The Morgan fingerprint density at radius 3 is 2.66 bits per heavy atom. The number of amides is 2. The van der Waals surface area contributed by atoms with E-state index in [2.05, 4.69) is 23.1 Å². The van der Waals surface area contributed by atoms with Crippen molar-refractivity contribution >= 4 is 30.1 Å². The fraction of sp³-hybridized carbons (Fsp3) is 0.609. The summed E-state index contributed by atoms with van der Waals surface area (Å²) in [4.78, 5) is 32.3. The Morgan fingerprint density at radius 2 is 1.97 bits per heavy atom. The number of hydrogen-bond acceptors (Lipinski definition) is 3. The maximum Gasteiger partial charge on any atom is 0.226 e. The zero-order valence-electron chi connectivity index (χ0n) is 16.9. The largest absolute Gasteiger partial charge is 0.349 e. The summed E-state index contributed by atoms with van der Waals surface area (Å²) in [5.74, 6) is 0.0934. The van der Waals surface area contributed by atoms with E-state index in [-0.39, 0.29) is 29.2 Å². The van der Waals surface area contributed by atoms with Gasteiger partial charge in [-0.2, -0.15) is 0 Å². The van der Waals surface area contributed by atoms with Crippen molar-refractivity contribution in [3.8, 4) is 0 Å². The van der Waals surface area contributed by atoms with Crippen LogP contribution in [-0.4, -0.2) is 48.6 Å². The molecule has 0 aromatic heterocycles. The van der Waals surface area contributed by atoms with Gasteiger partial charge in [0.15, 0.2) is 0 Å². The van der Waals surface area contributed by atoms with E-state index in [0.29, 0.717) is 19.0 Å². The van der Waals surface area contributed by atoms with Gasteiger partial charge in [0.05, 0.1) is 12.1 Å². The van der Waals surface area contributed by atoms with Crippen molar-refractivity contribution in [1.82, 2.24) is 10.2 Å². The number of aliphatic imine (C=N–C) groups is 1. The van der Waals surface area contributed by atoms with Gasteiger partial charge in [0.25, 0.3) is 0 Å². The van der Waals surface area contributed by atoms with Gasteiger partial charge in [0.2, 0.25) is 11.8 Å². The van der Waals surface area contributed by atoms with Crippen LogP contribution in [0.25, 0.3) is 0 Å². The minimum absolute atomic E-state index is 0.0368. The Bertz CT molecular complexity index is 792. The lowest BCUT2D eigenvalue weighted by atomic mass is 9.77. The molecule has 2 aliphatic carbocycles. The lowest BCUT2D eigenvalue weighted by molar-refractivity contribution is -0.143. The topological polar surface area (TPSA) is 61.8 Å². The molecule has 1 heterocycles. The van der Waals surface area contributed by atoms with Gasteiger partial charge < -0.3 is 10.2 Å². The second kappa shape index (κ2) is 8.47. The van der Waals surface area contributed by atoms with Crippen LogP contribution in [0, 0.1) is 11.8 Å². The Morgan fingerprint density at radius 1 is 1.21 bits per heavy atom. The average molecular weight is 416 g/mol. The van der Waals surface area contributed by atoms with Crippen molar-refractivity contribution in [1.29, 1.82) is 0 Å². The number of carbonyl (C=O) groups is 2. The molecule has 29 heavy (non-hydrogen) atoms. The van der Waals surface area contributed by atoms with Crippen LogP contribution in [0.1, 0.15) is 56.4 Å². The van der Waals surface area contributed by atoms with Crippen LogP contribution in [0.5, 0.6) is 0 Å². The number of carbonyl (C=O) groups excluding carboxylic acids is 2. The number of likely N-dealkylation sites (tertiary alicyclic amines) is 1. The second-order valence-electron chi connectivity index (χ2n) is 8.97. The molecule has 1 N–H and O–H groups in total. The van der Waals surface area contributed by atoms with E-state index < -0.39 is 0 Å². The summed E-state index contributed by atoms with van der Waals surface area (Å²) < 4.78 is 0. The lowest BCUT2D eigenvalue weighted by Crippen LogP contribution is -2.48. The molecule has 1 saturated heterocycles. The highest BCUT2D eigenvalue weighted by atomic mass is 35.5. The molecule has 4 rings (SSSR count). The quantitative estimate of drug-likeness (QED) is 0.718. The summed E-state index contributed by atoms with van der Waals surface area (Å²) in [7, 11) is 0. The molecule has 1 unspecified atom stereocenters. The summed E-state index contributed by atoms with van der Waals surface area (Å²) in [6.45, 7) is 5.61. The molecule has 5 nitrogen and oxygen atoms in total. The number of benzene rings is 1. The molecule has 2 amide bonds. The highest BCUT2D eigenvalue weighted by Crippen LogP contribution is 2.39. The predicted octanol–water partition coefficient (Wildman–Crippen LogP) is 3.81. The van der Waals surface area contributed by atoms with Crippen molar-refractivity contribution in [2.75, 3.05) is 19.6 Å². The molecular formula is C23H30ClN3O2. The van der Waals surface area contributed by atoms with Gasteiger partial charge in [0, 0.05) is 35.9 Å². The lowest BCUT2D eigenvalue weighted by Gasteiger charge is -2.33. The van der Waals surface area contributed by atoms with Gasteiger partial charge in [-0.3, -0.25) is 14.6 Å². The van der Waals surface area contributed by atoms with Crippen molar-refractivity contribution < 1.29 is 9.59 Å². The zero-order chi connectivity index (χ0) is 20.4. The fourth-order valence-corrected chi connectivity index (χ4v) is 5.21. The molecule has 3 fully saturated rings. The van der Waals surface area contributed by atoms with Crippen LogP contribution in [-0.2, 0) is 9.59 Å². The first-order chi connectivity index (χ1) is 14.0. The highest BCUT2D eigenvalue weighted by molar-refractivity contribution is 6.30. The van der Waals surface area contributed by atoms with Crippen LogP contribution in [0.3, 0.4) is 0 Å². The van der Waals surface area contributed by atoms with Gasteiger partial charge in [-0.05, 0) is 56.5 Å². The molecule has 1 aromatic carbocycles. The van der Waals surface area contributed by atoms with Crippen LogP contribution < -0.4 is 5.32 Å². The minimum Gasteiger partial charge on any atom is -0.349 e. The molecule has 156 valence electrons. The van der Waals surface area contributed by atoms with Gasteiger partial charge in [-0.1, -0.05) is 36.6 Å². The van der Waals surface area contributed by atoms with E-state index >= 15 is 0 Å². The van der Waals surface area contributed by atoms with Gasteiger partial charge >= 0.3 is 0 Å². The van der Waals surface area contributed by atoms with Gasteiger partial charge in [-0.25, -0.2) is 0 Å². The summed E-state index contributed by atoms with van der Waals surface area (Å²) in [6, 6.07) is 7.93. The maximum atomic E-state index is 13.4. The molecule has 1 aliphatic heterocycles. The van der Waals surface area contributed by atoms with Crippen molar-refractivity contribution in [2.45, 2.75) is 56.4 Å². The third-order valence-corrected chi connectivity index (χ3v) is 7.13. The van der Waals surface area contributed by atoms with E-state index in [9.17, 15) is 9.59 Å². The minimum atomic E-state index is -0.219. The molecule has 0 radical (unpaired) electrons. The molecule has 1 aromatic rings. The maximum absolute atomic E-state index is 13.4. The van der Waals surface area contributed by atoms with Crippen molar-refractivity contribution in [2.24, 2.45) is 16.8 Å². The second-order valence-corrected chi connectivity index (χ2v) is 9.41. The monoisotopic (exact) mass is 415 g/mol. The molecule has 2 saturated carbocycles. The zero-order valence-corrected chi connectivity index (χ0v) is 17.7. The summed E-state index contributed by atoms with van der Waals surface area (Å²) in [5.41, 5.74) is 0.994. The van der Waals surface area contributed by atoms with Gasteiger partial charge in [0.1, 0.15) is 0 Å². The number of nitrogens with zero attached hydrogens (tertiary/aromatic N) is 2. The van der Waals surface area contributed by atoms with E-state index in [1.807, 2.05) is 23.1 Å². The summed E-state index contributed by atoms with van der Waals surface area (Å²) in [5, 5.41) is 3.93. The molecule has 6 heteroatoms. The van der Waals surface area contributed by atoms with Crippen LogP contribution >= 0.6 is 11.6 Å². The first-order valence-corrected chi connectivity index (χ1v) is 11.2. The van der Waals surface area contributed by atoms with Crippen molar-refractivity contribution in [3.63, 3.8) is 0 Å². The normalized spacial score (nSPS) is 28.0. The Hall–Kier alpha value is -1.88. The number of rotatable bonds is 6. The Balaban J connectivity index is 1.41. The standard InChI is InChI=1S/C23H30ClN3O2/c1-25-15-23(10-11-23)26-21(28)19-7-2-3-8-20(19)22(29)27-12-9-17(14-27)16-5-4-6-18(24)13-16/h4-6,13,17,19-20H,1-3,7-12,14-15H2,(H,26,28)/t17?,19-,20-/m1/s1. The molecular weight excluding hydrogens is 386 g/mol. The first-order valence-electron chi connectivity index (χ1n) is 10.8. The predicted molar refractivity (Wildman–Crippen MR) is 115 cm³/mol. The average Bonchev–Trinajstić information content (AvgIpc) is 3.28. The Kier molecular flexibility index (Phi) is 5.95. The van der Waals surface area contributed by atoms with E-state index in [1.165, 1.54) is 5.56 Å². The fourth-order valence-electron chi connectivity index (χ4n) is 5.01. The summed E-state index contributed by atoms with van der Waals surface area (Å²) >= 11 is 6.14. The van der Waals surface area contributed by atoms with Crippen LogP contribution in [0.15, 0.2) is 29.3 Å². The molecule has 3 aliphatic rings. The van der Waals surface area contributed by atoms with Crippen LogP contribution in [0.4, 0.5) is 0 Å².